The lowest BCUT2D eigenvalue weighted by Gasteiger charge is -2.15. The maximum Gasteiger partial charge on any atom is 0.336 e. The molecule has 3 N–H and O–H groups in total. The molecule has 0 aliphatic rings. The highest BCUT2D eigenvalue weighted by Crippen LogP contribution is 2.29. The molecule has 0 radical (unpaired) electrons. The molecule has 0 spiro atoms. The average molecular weight is 499 g/mol. The number of anilines is 2. The average Bonchev–Trinajstić information content (AvgIpc) is 2.85. The normalized spacial score (nSPS) is 11.6. The number of aromatic carboxylic acids is 1. The van der Waals surface area contributed by atoms with E-state index < -0.39 is 11.9 Å². The SMILES string of the molecule is Cc1ccc(C)c(NC(=O)C(C)Sc2cccc(NC(=O)c3cccc4cccc(C(=O)O)c34)c2)c1. The van der Waals surface area contributed by atoms with E-state index in [2.05, 4.69) is 10.6 Å². The lowest BCUT2D eigenvalue weighted by atomic mass is 9.98. The molecule has 0 saturated heterocycles. The number of nitrogens with one attached hydrogen (secondary N) is 2. The van der Waals surface area contributed by atoms with Crippen molar-refractivity contribution in [3.05, 3.63) is 101 Å². The summed E-state index contributed by atoms with van der Waals surface area (Å²) in [6.07, 6.45) is 0. The number of carbonyl (C=O) groups excluding carboxylic acids is 2. The van der Waals surface area contributed by atoms with E-state index in [-0.39, 0.29) is 22.3 Å². The molecule has 1 unspecified atom stereocenters. The van der Waals surface area contributed by atoms with Crippen LogP contribution < -0.4 is 10.6 Å². The van der Waals surface area contributed by atoms with Crippen molar-refractivity contribution in [2.45, 2.75) is 30.9 Å². The molecule has 0 fully saturated rings. The first-order valence-electron chi connectivity index (χ1n) is 11.4. The van der Waals surface area contributed by atoms with Gasteiger partial charge in [0.15, 0.2) is 0 Å². The molecule has 0 saturated carbocycles. The van der Waals surface area contributed by atoms with Gasteiger partial charge in [-0.3, -0.25) is 9.59 Å². The van der Waals surface area contributed by atoms with Crippen LogP contribution in [-0.2, 0) is 4.79 Å². The van der Waals surface area contributed by atoms with Gasteiger partial charge in [-0.15, -0.1) is 11.8 Å². The molecule has 0 heterocycles. The van der Waals surface area contributed by atoms with Crippen LogP contribution >= 0.6 is 11.8 Å². The third kappa shape index (κ3) is 5.58. The molecule has 2 amide bonds. The highest BCUT2D eigenvalue weighted by Gasteiger charge is 2.18. The predicted molar refractivity (Wildman–Crippen MR) is 145 cm³/mol. The summed E-state index contributed by atoms with van der Waals surface area (Å²) < 4.78 is 0. The molecule has 36 heavy (non-hydrogen) atoms. The lowest BCUT2D eigenvalue weighted by molar-refractivity contribution is -0.115. The van der Waals surface area contributed by atoms with Gasteiger partial charge in [0.05, 0.1) is 10.8 Å². The van der Waals surface area contributed by atoms with Crippen LogP contribution in [0.2, 0.25) is 0 Å². The molecule has 4 aromatic carbocycles. The summed E-state index contributed by atoms with van der Waals surface area (Å²) in [5.74, 6) is -1.61. The Bertz CT molecular complexity index is 1480. The molecule has 7 heteroatoms. The largest absolute Gasteiger partial charge is 0.478 e. The molecule has 4 aromatic rings. The minimum atomic E-state index is -1.09. The lowest BCUT2D eigenvalue weighted by Crippen LogP contribution is -2.22. The van der Waals surface area contributed by atoms with Gasteiger partial charge in [0.1, 0.15) is 0 Å². The number of fused-ring (bicyclic) bond motifs is 1. The molecular weight excluding hydrogens is 472 g/mol. The Hall–Kier alpha value is -4.10. The van der Waals surface area contributed by atoms with E-state index in [9.17, 15) is 19.5 Å². The van der Waals surface area contributed by atoms with Crippen LogP contribution in [0.15, 0.2) is 83.8 Å². The molecule has 1 atom stereocenters. The predicted octanol–water partition coefficient (Wildman–Crippen LogP) is 6.53. The third-order valence-corrected chi connectivity index (χ3v) is 6.90. The second-order valence-electron chi connectivity index (χ2n) is 8.56. The summed E-state index contributed by atoms with van der Waals surface area (Å²) in [6, 6.07) is 23.2. The summed E-state index contributed by atoms with van der Waals surface area (Å²) >= 11 is 1.39. The second-order valence-corrected chi connectivity index (χ2v) is 9.98. The van der Waals surface area contributed by atoms with Gasteiger partial charge in [-0.2, -0.15) is 0 Å². The number of hydrogen-bond acceptors (Lipinski definition) is 4. The zero-order chi connectivity index (χ0) is 25.8. The van der Waals surface area contributed by atoms with Crippen molar-refractivity contribution in [2.24, 2.45) is 0 Å². The maximum absolute atomic E-state index is 13.1. The Morgan fingerprint density at radius 2 is 1.53 bits per heavy atom. The molecule has 0 aliphatic heterocycles. The molecule has 182 valence electrons. The van der Waals surface area contributed by atoms with Gasteiger partial charge in [-0.25, -0.2) is 4.79 Å². The second kappa shape index (κ2) is 10.7. The Balaban J connectivity index is 1.50. The number of carboxylic acid groups (broad SMARTS) is 1. The van der Waals surface area contributed by atoms with Crippen LogP contribution in [0.4, 0.5) is 11.4 Å². The fourth-order valence-electron chi connectivity index (χ4n) is 3.92. The minimum Gasteiger partial charge on any atom is -0.478 e. The van der Waals surface area contributed by atoms with Gasteiger partial charge >= 0.3 is 5.97 Å². The standard InChI is InChI=1S/C29H26N2O4S/c1-17-13-14-18(2)25(15-17)31-27(32)19(3)36-22-10-6-9-21(16-22)30-28(33)23-11-4-7-20-8-5-12-24(26(20)23)29(34)35/h4-16,19H,1-3H3,(H,30,33)(H,31,32)(H,34,35). The smallest absolute Gasteiger partial charge is 0.336 e. The first-order chi connectivity index (χ1) is 17.2. The molecule has 6 nitrogen and oxygen atoms in total. The van der Waals surface area contributed by atoms with E-state index in [1.165, 1.54) is 17.8 Å². The summed E-state index contributed by atoms with van der Waals surface area (Å²) in [5, 5.41) is 16.2. The van der Waals surface area contributed by atoms with Crippen molar-refractivity contribution < 1.29 is 19.5 Å². The highest BCUT2D eigenvalue weighted by atomic mass is 32.2. The summed E-state index contributed by atoms with van der Waals surface area (Å²) in [7, 11) is 0. The number of rotatable bonds is 7. The maximum atomic E-state index is 13.1. The Morgan fingerprint density at radius 3 is 2.25 bits per heavy atom. The first kappa shape index (κ1) is 25.0. The van der Waals surface area contributed by atoms with Crippen LogP contribution in [0.25, 0.3) is 10.8 Å². The van der Waals surface area contributed by atoms with Crippen molar-refractivity contribution in [2.75, 3.05) is 10.6 Å². The Labute approximate surface area is 213 Å². The molecule has 4 rings (SSSR count). The van der Waals surface area contributed by atoms with Gasteiger partial charge in [0.2, 0.25) is 5.91 Å². The summed E-state index contributed by atoms with van der Waals surface area (Å²) in [6.45, 7) is 5.77. The number of thioether (sulfide) groups is 1. The van der Waals surface area contributed by atoms with Crippen LogP contribution in [0.5, 0.6) is 0 Å². The molecule has 0 bridgehead atoms. The Morgan fingerprint density at radius 1 is 0.833 bits per heavy atom. The van der Waals surface area contributed by atoms with Crippen LogP contribution in [0.3, 0.4) is 0 Å². The van der Waals surface area contributed by atoms with Crippen LogP contribution in [0.1, 0.15) is 38.8 Å². The fourth-order valence-corrected chi connectivity index (χ4v) is 4.84. The number of carbonyl (C=O) groups is 3. The zero-order valence-corrected chi connectivity index (χ0v) is 21.0. The highest BCUT2D eigenvalue weighted by molar-refractivity contribution is 8.00. The number of aryl methyl sites for hydroxylation is 2. The Kier molecular flexibility index (Phi) is 7.41. The van der Waals surface area contributed by atoms with Crippen molar-refractivity contribution >= 4 is 51.7 Å². The van der Waals surface area contributed by atoms with E-state index in [1.807, 2.05) is 45.0 Å². The summed E-state index contributed by atoms with van der Waals surface area (Å²) in [5.41, 5.74) is 3.77. The first-order valence-corrected chi connectivity index (χ1v) is 12.3. The van der Waals surface area contributed by atoms with Crippen molar-refractivity contribution in [3.63, 3.8) is 0 Å². The van der Waals surface area contributed by atoms with Crippen molar-refractivity contribution in [1.29, 1.82) is 0 Å². The fraction of sp³-hybridized carbons (Fsp3) is 0.138. The number of amides is 2. The van der Waals surface area contributed by atoms with Crippen LogP contribution in [-0.4, -0.2) is 28.1 Å². The molecular formula is C29H26N2O4S. The number of benzene rings is 4. The van der Waals surface area contributed by atoms with E-state index in [0.717, 1.165) is 21.7 Å². The number of carboxylic acids is 1. The van der Waals surface area contributed by atoms with Gasteiger partial charge in [-0.1, -0.05) is 42.5 Å². The topological polar surface area (TPSA) is 95.5 Å². The van der Waals surface area contributed by atoms with E-state index in [1.54, 1.807) is 48.5 Å². The van der Waals surface area contributed by atoms with Gasteiger partial charge in [0, 0.05) is 27.2 Å². The van der Waals surface area contributed by atoms with Crippen molar-refractivity contribution in [3.8, 4) is 0 Å². The monoisotopic (exact) mass is 498 g/mol. The van der Waals surface area contributed by atoms with E-state index in [0.29, 0.717) is 16.5 Å². The van der Waals surface area contributed by atoms with E-state index in [4.69, 9.17) is 0 Å². The molecule has 0 aliphatic carbocycles. The van der Waals surface area contributed by atoms with Crippen LogP contribution in [0, 0.1) is 13.8 Å². The third-order valence-electron chi connectivity index (χ3n) is 5.80. The van der Waals surface area contributed by atoms with Gasteiger partial charge < -0.3 is 15.7 Å². The molecule has 0 aromatic heterocycles. The van der Waals surface area contributed by atoms with Gasteiger partial charge in [-0.05, 0) is 73.7 Å². The quantitative estimate of drug-likeness (QED) is 0.252. The van der Waals surface area contributed by atoms with Crippen molar-refractivity contribution in [1.82, 2.24) is 0 Å². The van der Waals surface area contributed by atoms with Gasteiger partial charge in [0.25, 0.3) is 5.91 Å². The minimum absolute atomic E-state index is 0.0752. The zero-order valence-electron chi connectivity index (χ0n) is 20.2. The van der Waals surface area contributed by atoms with E-state index >= 15 is 0 Å². The summed E-state index contributed by atoms with van der Waals surface area (Å²) in [4.78, 5) is 38.5. The number of hydrogen-bond donors (Lipinski definition) is 3.